The second kappa shape index (κ2) is 5.51. The van der Waals surface area contributed by atoms with Crippen LogP contribution in [0, 0.1) is 0 Å². The molecule has 88 valence electrons. The number of aliphatic hydroxyl groups excluding tert-OH is 1. The largest absolute Gasteiger partial charge is 0.497 e. The average Bonchev–Trinajstić information content (AvgIpc) is 2.36. The zero-order valence-electron chi connectivity index (χ0n) is 9.64. The number of esters is 1. The van der Waals surface area contributed by atoms with Gasteiger partial charge in [-0.05, 0) is 17.7 Å². The Morgan fingerprint density at radius 1 is 1.38 bits per heavy atom. The van der Waals surface area contributed by atoms with E-state index in [-0.39, 0.29) is 5.92 Å². The molecule has 4 heteroatoms. The third-order valence-electron chi connectivity index (χ3n) is 2.54. The van der Waals surface area contributed by atoms with E-state index in [4.69, 9.17) is 4.74 Å². The van der Waals surface area contributed by atoms with Crippen molar-refractivity contribution in [2.24, 2.45) is 0 Å². The fourth-order valence-corrected chi connectivity index (χ4v) is 1.43. The average molecular weight is 224 g/mol. The van der Waals surface area contributed by atoms with Gasteiger partial charge in [-0.2, -0.15) is 0 Å². The van der Waals surface area contributed by atoms with Gasteiger partial charge in [0.05, 0.1) is 14.2 Å². The molecule has 0 saturated carbocycles. The van der Waals surface area contributed by atoms with Gasteiger partial charge in [0.2, 0.25) is 0 Å². The molecule has 0 spiro atoms. The summed E-state index contributed by atoms with van der Waals surface area (Å²) in [6.07, 6.45) is -1.16. The number of hydrogen-bond acceptors (Lipinski definition) is 4. The van der Waals surface area contributed by atoms with Gasteiger partial charge >= 0.3 is 5.97 Å². The first-order valence-corrected chi connectivity index (χ1v) is 5.00. The van der Waals surface area contributed by atoms with E-state index in [0.717, 1.165) is 5.56 Å². The van der Waals surface area contributed by atoms with Crippen molar-refractivity contribution in [3.63, 3.8) is 0 Å². The first kappa shape index (κ1) is 12.5. The Balaban J connectivity index is 2.86. The fourth-order valence-electron chi connectivity index (χ4n) is 1.43. The van der Waals surface area contributed by atoms with Crippen LogP contribution in [-0.2, 0) is 9.53 Å². The minimum absolute atomic E-state index is 0.331. The summed E-state index contributed by atoms with van der Waals surface area (Å²) in [6.45, 7) is 1.76. The second-order valence-corrected chi connectivity index (χ2v) is 3.53. The normalized spacial score (nSPS) is 14.0. The van der Waals surface area contributed by atoms with E-state index in [1.165, 1.54) is 7.11 Å². The van der Waals surface area contributed by atoms with E-state index in [9.17, 15) is 9.90 Å². The first-order valence-electron chi connectivity index (χ1n) is 5.00. The van der Waals surface area contributed by atoms with Crippen LogP contribution in [0.15, 0.2) is 24.3 Å². The summed E-state index contributed by atoms with van der Waals surface area (Å²) in [5, 5.41) is 9.69. The van der Waals surface area contributed by atoms with Crippen LogP contribution in [0.25, 0.3) is 0 Å². The number of ether oxygens (including phenoxy) is 2. The second-order valence-electron chi connectivity index (χ2n) is 3.53. The van der Waals surface area contributed by atoms with Crippen LogP contribution in [0.5, 0.6) is 5.75 Å². The smallest absolute Gasteiger partial charge is 0.335 e. The number of benzene rings is 1. The maximum atomic E-state index is 11.2. The highest BCUT2D eigenvalue weighted by molar-refractivity contribution is 5.75. The van der Waals surface area contributed by atoms with Crippen molar-refractivity contribution in [2.75, 3.05) is 14.2 Å². The zero-order valence-corrected chi connectivity index (χ0v) is 9.64. The topological polar surface area (TPSA) is 55.8 Å². The van der Waals surface area contributed by atoms with Crippen LogP contribution in [-0.4, -0.2) is 31.4 Å². The van der Waals surface area contributed by atoms with Gasteiger partial charge < -0.3 is 14.6 Å². The van der Waals surface area contributed by atoms with Gasteiger partial charge in [0, 0.05) is 5.92 Å². The summed E-state index contributed by atoms with van der Waals surface area (Å²) in [5.74, 6) is -0.265. The van der Waals surface area contributed by atoms with Gasteiger partial charge in [0.15, 0.2) is 6.10 Å². The predicted molar refractivity (Wildman–Crippen MR) is 59.4 cm³/mol. The van der Waals surface area contributed by atoms with E-state index < -0.39 is 12.1 Å². The number of carbonyl (C=O) groups is 1. The first-order chi connectivity index (χ1) is 7.60. The number of rotatable bonds is 4. The minimum Gasteiger partial charge on any atom is -0.497 e. The molecule has 0 aliphatic carbocycles. The van der Waals surface area contributed by atoms with Crippen molar-refractivity contribution >= 4 is 5.97 Å². The van der Waals surface area contributed by atoms with Crippen LogP contribution < -0.4 is 4.74 Å². The molecule has 0 heterocycles. The van der Waals surface area contributed by atoms with Gasteiger partial charge in [-0.3, -0.25) is 0 Å². The number of methoxy groups -OCH3 is 2. The Hall–Kier alpha value is -1.55. The Bertz CT molecular complexity index is 362. The van der Waals surface area contributed by atoms with Crippen LogP contribution >= 0.6 is 0 Å². The van der Waals surface area contributed by atoms with E-state index in [1.54, 1.807) is 26.2 Å². The monoisotopic (exact) mass is 224 g/mol. The van der Waals surface area contributed by atoms with Crippen molar-refractivity contribution < 1.29 is 19.4 Å². The standard InChI is InChI=1S/C12H16O4/c1-8(11(13)12(14)16-3)9-5-4-6-10(7-9)15-2/h4-8,11,13H,1-3H3. The molecule has 0 aromatic heterocycles. The molecule has 0 amide bonds. The van der Waals surface area contributed by atoms with Crippen LogP contribution in [0.3, 0.4) is 0 Å². The lowest BCUT2D eigenvalue weighted by Gasteiger charge is -2.17. The summed E-state index contributed by atoms with van der Waals surface area (Å²) in [7, 11) is 2.82. The summed E-state index contributed by atoms with van der Waals surface area (Å²) in [4.78, 5) is 11.2. The molecule has 2 atom stereocenters. The van der Waals surface area contributed by atoms with Crippen molar-refractivity contribution in [3.8, 4) is 5.75 Å². The van der Waals surface area contributed by atoms with Gasteiger partial charge in [-0.25, -0.2) is 4.79 Å². The van der Waals surface area contributed by atoms with Gasteiger partial charge in [-0.1, -0.05) is 19.1 Å². The highest BCUT2D eigenvalue weighted by Crippen LogP contribution is 2.23. The maximum Gasteiger partial charge on any atom is 0.335 e. The molecule has 1 N–H and O–H groups in total. The SMILES string of the molecule is COC(=O)C(O)C(C)c1cccc(OC)c1. The number of aliphatic hydroxyl groups is 1. The molecule has 0 aliphatic rings. The number of hydrogen-bond donors (Lipinski definition) is 1. The molecule has 0 bridgehead atoms. The Morgan fingerprint density at radius 3 is 2.62 bits per heavy atom. The molecule has 0 aliphatic heterocycles. The summed E-state index contributed by atoms with van der Waals surface area (Å²) < 4.78 is 9.56. The summed E-state index contributed by atoms with van der Waals surface area (Å²) >= 11 is 0. The predicted octanol–water partition coefficient (Wildman–Crippen LogP) is 1.33. The van der Waals surface area contributed by atoms with Gasteiger partial charge in [-0.15, -0.1) is 0 Å². The number of carbonyl (C=O) groups excluding carboxylic acids is 1. The van der Waals surface area contributed by atoms with Gasteiger partial charge in [0.1, 0.15) is 5.75 Å². The van der Waals surface area contributed by atoms with Crippen LogP contribution in [0.2, 0.25) is 0 Å². The highest BCUT2D eigenvalue weighted by atomic mass is 16.5. The minimum atomic E-state index is -1.16. The molecule has 4 nitrogen and oxygen atoms in total. The lowest BCUT2D eigenvalue weighted by Crippen LogP contribution is -2.27. The summed E-state index contributed by atoms with van der Waals surface area (Å²) in [6, 6.07) is 7.24. The van der Waals surface area contributed by atoms with Crippen LogP contribution in [0.1, 0.15) is 18.4 Å². The Morgan fingerprint density at radius 2 is 2.06 bits per heavy atom. The van der Waals surface area contributed by atoms with Crippen molar-refractivity contribution in [3.05, 3.63) is 29.8 Å². The molecular weight excluding hydrogens is 208 g/mol. The van der Waals surface area contributed by atoms with Crippen molar-refractivity contribution in [1.29, 1.82) is 0 Å². The molecule has 16 heavy (non-hydrogen) atoms. The third kappa shape index (κ3) is 2.73. The van der Waals surface area contributed by atoms with E-state index in [1.807, 2.05) is 12.1 Å². The molecule has 0 radical (unpaired) electrons. The summed E-state index contributed by atoms with van der Waals surface area (Å²) in [5.41, 5.74) is 0.831. The fraction of sp³-hybridized carbons (Fsp3) is 0.417. The lowest BCUT2D eigenvalue weighted by atomic mass is 9.95. The molecule has 1 rings (SSSR count). The van der Waals surface area contributed by atoms with E-state index >= 15 is 0 Å². The van der Waals surface area contributed by atoms with Crippen molar-refractivity contribution in [2.45, 2.75) is 18.9 Å². The van der Waals surface area contributed by atoms with E-state index in [2.05, 4.69) is 4.74 Å². The highest BCUT2D eigenvalue weighted by Gasteiger charge is 2.24. The lowest BCUT2D eigenvalue weighted by molar-refractivity contribution is -0.151. The zero-order chi connectivity index (χ0) is 12.1. The van der Waals surface area contributed by atoms with Crippen molar-refractivity contribution in [1.82, 2.24) is 0 Å². The molecule has 1 aromatic carbocycles. The quantitative estimate of drug-likeness (QED) is 0.784. The molecule has 2 unspecified atom stereocenters. The Kier molecular flexibility index (Phi) is 4.31. The third-order valence-corrected chi connectivity index (χ3v) is 2.54. The molecule has 0 saturated heterocycles. The molecular formula is C12H16O4. The van der Waals surface area contributed by atoms with Gasteiger partial charge in [0.25, 0.3) is 0 Å². The Labute approximate surface area is 94.8 Å². The van der Waals surface area contributed by atoms with E-state index in [0.29, 0.717) is 5.75 Å². The molecule has 1 aromatic rings. The maximum absolute atomic E-state index is 11.2. The molecule has 0 fully saturated rings. The van der Waals surface area contributed by atoms with Crippen LogP contribution in [0.4, 0.5) is 0 Å².